The van der Waals surface area contributed by atoms with Crippen molar-refractivity contribution >= 4 is 11.7 Å². The lowest BCUT2D eigenvalue weighted by Crippen LogP contribution is -2.39. The molecule has 0 unspecified atom stereocenters. The third kappa shape index (κ3) is 4.78. The molecule has 1 aromatic heterocycles. The largest absolute Gasteiger partial charge is 0.369 e. The fourth-order valence-electron chi connectivity index (χ4n) is 3.23. The first-order valence-electron chi connectivity index (χ1n) is 9.15. The van der Waals surface area contributed by atoms with E-state index in [1.54, 1.807) is 12.4 Å². The van der Waals surface area contributed by atoms with Gasteiger partial charge in [0.2, 0.25) is 0 Å². The van der Waals surface area contributed by atoms with Crippen LogP contribution in [-0.4, -0.2) is 40.4 Å². The van der Waals surface area contributed by atoms with Crippen LogP contribution >= 0.6 is 0 Å². The molecule has 5 heteroatoms. The third-order valence-corrected chi connectivity index (χ3v) is 4.70. The van der Waals surface area contributed by atoms with Crippen molar-refractivity contribution in [2.45, 2.75) is 32.6 Å². The Bertz CT molecular complexity index is 664. The van der Waals surface area contributed by atoms with Gasteiger partial charge in [0.15, 0.2) is 0 Å². The van der Waals surface area contributed by atoms with Crippen LogP contribution < -0.4 is 5.32 Å². The zero-order valence-electron chi connectivity index (χ0n) is 14.8. The van der Waals surface area contributed by atoms with Crippen molar-refractivity contribution in [3.05, 3.63) is 54.0 Å². The first kappa shape index (κ1) is 17.4. The smallest absolute Gasteiger partial charge is 0.274 e. The molecule has 0 radical (unpaired) electrons. The fourth-order valence-corrected chi connectivity index (χ4v) is 3.23. The molecule has 1 fully saturated rings. The second-order valence-electron chi connectivity index (χ2n) is 6.64. The lowest BCUT2D eigenvalue weighted by atomic mass is 9.90. The number of benzene rings is 1. The summed E-state index contributed by atoms with van der Waals surface area (Å²) >= 11 is 0. The van der Waals surface area contributed by atoms with Gasteiger partial charge in [-0.3, -0.25) is 4.79 Å². The molecule has 3 rings (SSSR count). The lowest BCUT2D eigenvalue weighted by molar-refractivity contribution is 0.0684. The molecule has 0 saturated carbocycles. The van der Waals surface area contributed by atoms with E-state index in [1.807, 2.05) is 4.90 Å². The van der Waals surface area contributed by atoms with Crippen molar-refractivity contribution in [2.75, 3.05) is 25.0 Å². The molecule has 1 aliphatic rings. The predicted octanol–water partition coefficient (Wildman–Crippen LogP) is 3.39. The Hall–Kier alpha value is -2.43. The van der Waals surface area contributed by atoms with Crippen molar-refractivity contribution < 1.29 is 4.79 Å². The highest BCUT2D eigenvalue weighted by atomic mass is 16.2. The van der Waals surface area contributed by atoms with Gasteiger partial charge >= 0.3 is 0 Å². The van der Waals surface area contributed by atoms with Gasteiger partial charge in [-0.25, -0.2) is 9.97 Å². The number of nitrogens with one attached hydrogen (secondary N) is 1. The third-order valence-electron chi connectivity index (χ3n) is 4.70. The van der Waals surface area contributed by atoms with E-state index in [4.69, 9.17) is 0 Å². The van der Waals surface area contributed by atoms with Gasteiger partial charge < -0.3 is 10.2 Å². The Kier molecular flexibility index (Phi) is 5.99. The van der Waals surface area contributed by atoms with Crippen LogP contribution in [0.15, 0.2) is 42.7 Å². The molecule has 132 valence electrons. The van der Waals surface area contributed by atoms with E-state index in [2.05, 4.69) is 52.5 Å². The highest BCUT2D eigenvalue weighted by Gasteiger charge is 2.24. The number of likely N-dealkylation sites (tertiary alicyclic amines) is 1. The number of piperidine rings is 1. The minimum absolute atomic E-state index is 0.00676. The molecule has 25 heavy (non-hydrogen) atoms. The molecular weight excluding hydrogens is 312 g/mol. The van der Waals surface area contributed by atoms with Crippen molar-refractivity contribution in [3.8, 4) is 0 Å². The minimum Gasteiger partial charge on any atom is -0.369 e. The highest BCUT2D eigenvalue weighted by Crippen LogP contribution is 2.22. The summed E-state index contributed by atoms with van der Waals surface area (Å²) in [5, 5.41) is 3.17. The maximum Gasteiger partial charge on any atom is 0.274 e. The molecule has 1 aliphatic heterocycles. The van der Waals surface area contributed by atoms with E-state index >= 15 is 0 Å². The lowest BCUT2D eigenvalue weighted by Gasteiger charge is -2.31. The summed E-state index contributed by atoms with van der Waals surface area (Å²) in [7, 11) is 0. The van der Waals surface area contributed by atoms with Crippen LogP contribution in [0.4, 0.5) is 5.82 Å². The maximum atomic E-state index is 12.6. The van der Waals surface area contributed by atoms with Crippen LogP contribution in [0.3, 0.4) is 0 Å². The summed E-state index contributed by atoms with van der Waals surface area (Å²) in [4.78, 5) is 23.1. The molecular formula is C20H26N4O. The number of rotatable bonds is 6. The first-order valence-corrected chi connectivity index (χ1v) is 9.15. The molecule has 2 aromatic rings. The Morgan fingerprint density at radius 3 is 2.56 bits per heavy atom. The normalized spacial score (nSPS) is 15.2. The van der Waals surface area contributed by atoms with E-state index in [9.17, 15) is 4.79 Å². The Morgan fingerprint density at radius 2 is 1.92 bits per heavy atom. The van der Waals surface area contributed by atoms with Gasteiger partial charge in [-0.05, 0) is 37.2 Å². The van der Waals surface area contributed by atoms with Crippen LogP contribution in [0.25, 0.3) is 0 Å². The number of amides is 1. The average molecular weight is 338 g/mol. The number of nitrogens with zero attached hydrogens (tertiary/aromatic N) is 3. The Morgan fingerprint density at radius 1 is 1.16 bits per heavy atom. The fraction of sp³-hybridized carbons (Fsp3) is 0.450. The molecule has 0 bridgehead atoms. The summed E-state index contributed by atoms with van der Waals surface area (Å²) in [5.74, 6) is 1.37. The second-order valence-corrected chi connectivity index (χ2v) is 6.64. The maximum absolute atomic E-state index is 12.6. The van der Waals surface area contributed by atoms with Gasteiger partial charge in [-0.1, -0.05) is 37.3 Å². The van der Waals surface area contributed by atoms with E-state index in [0.717, 1.165) is 51.1 Å². The van der Waals surface area contributed by atoms with Crippen molar-refractivity contribution in [2.24, 2.45) is 5.92 Å². The molecule has 0 spiro atoms. The van der Waals surface area contributed by atoms with E-state index in [1.165, 1.54) is 5.56 Å². The van der Waals surface area contributed by atoms with Gasteiger partial charge in [0.1, 0.15) is 11.5 Å². The Labute approximate surface area is 149 Å². The van der Waals surface area contributed by atoms with Gasteiger partial charge in [0.05, 0.1) is 12.4 Å². The molecule has 1 aromatic carbocycles. The molecule has 5 nitrogen and oxygen atoms in total. The number of anilines is 1. The van der Waals surface area contributed by atoms with Gasteiger partial charge in [0, 0.05) is 19.6 Å². The topological polar surface area (TPSA) is 58.1 Å². The second kappa shape index (κ2) is 8.60. The van der Waals surface area contributed by atoms with Gasteiger partial charge in [-0.15, -0.1) is 0 Å². The van der Waals surface area contributed by atoms with Crippen LogP contribution in [-0.2, 0) is 6.42 Å². The Balaban J connectivity index is 1.51. The average Bonchev–Trinajstić information content (AvgIpc) is 2.68. The zero-order valence-corrected chi connectivity index (χ0v) is 14.8. The van der Waals surface area contributed by atoms with Crippen molar-refractivity contribution in [1.82, 2.24) is 14.9 Å². The molecule has 2 heterocycles. The zero-order chi connectivity index (χ0) is 17.5. The van der Waals surface area contributed by atoms with Crippen molar-refractivity contribution in [1.29, 1.82) is 0 Å². The summed E-state index contributed by atoms with van der Waals surface area (Å²) in [6.45, 7) is 4.55. The monoisotopic (exact) mass is 338 g/mol. The highest BCUT2D eigenvalue weighted by molar-refractivity contribution is 5.92. The van der Waals surface area contributed by atoms with Crippen molar-refractivity contribution in [3.63, 3.8) is 0 Å². The molecule has 0 aliphatic carbocycles. The number of carbonyl (C=O) groups is 1. The number of carbonyl (C=O) groups excluding carboxylic acids is 1. The van der Waals surface area contributed by atoms with Crippen LogP contribution in [0.2, 0.25) is 0 Å². The summed E-state index contributed by atoms with van der Waals surface area (Å²) in [5.41, 5.74) is 1.82. The standard InChI is InChI=1S/C20H26N4O/c1-2-10-21-19-15-22-18(14-23-19)20(25)24-11-8-17(9-12-24)13-16-6-4-3-5-7-16/h3-7,14-15,17H,2,8-13H2,1H3,(H,21,23). The summed E-state index contributed by atoms with van der Waals surface area (Å²) < 4.78 is 0. The van der Waals surface area contributed by atoms with Crippen LogP contribution in [0, 0.1) is 5.92 Å². The summed E-state index contributed by atoms with van der Waals surface area (Å²) in [6.07, 6.45) is 7.44. The SMILES string of the molecule is CCCNc1cnc(C(=O)N2CCC(Cc3ccccc3)CC2)cn1. The van der Waals surface area contributed by atoms with Crippen LogP contribution in [0.5, 0.6) is 0 Å². The number of hydrogen-bond donors (Lipinski definition) is 1. The van der Waals surface area contributed by atoms with E-state index < -0.39 is 0 Å². The molecule has 1 N–H and O–H groups in total. The summed E-state index contributed by atoms with van der Waals surface area (Å²) in [6, 6.07) is 10.6. The van der Waals surface area contributed by atoms with Gasteiger partial charge in [-0.2, -0.15) is 0 Å². The molecule has 1 amide bonds. The quantitative estimate of drug-likeness (QED) is 0.877. The number of aromatic nitrogens is 2. The van der Waals surface area contributed by atoms with E-state index in [0.29, 0.717) is 11.6 Å². The minimum atomic E-state index is -0.00676. The van der Waals surface area contributed by atoms with Gasteiger partial charge in [0.25, 0.3) is 5.91 Å². The molecule has 0 atom stereocenters. The number of hydrogen-bond acceptors (Lipinski definition) is 4. The van der Waals surface area contributed by atoms with Crippen LogP contribution in [0.1, 0.15) is 42.2 Å². The van der Waals surface area contributed by atoms with E-state index in [-0.39, 0.29) is 5.91 Å². The molecule has 1 saturated heterocycles. The predicted molar refractivity (Wildman–Crippen MR) is 99.6 cm³/mol. The first-order chi connectivity index (χ1) is 12.3.